The van der Waals surface area contributed by atoms with Crippen molar-refractivity contribution in [3.63, 3.8) is 0 Å². The zero-order valence-corrected chi connectivity index (χ0v) is 11.2. The summed E-state index contributed by atoms with van der Waals surface area (Å²) in [5.74, 6) is -0.732. The Bertz CT molecular complexity index is 833. The van der Waals surface area contributed by atoms with Crippen molar-refractivity contribution in [2.45, 2.75) is 0 Å². The second kappa shape index (κ2) is 5.28. The second-order valence-electron chi connectivity index (χ2n) is 4.44. The molecule has 0 radical (unpaired) electrons. The minimum atomic E-state index is -0.566. The fourth-order valence-corrected chi connectivity index (χ4v) is 2.08. The van der Waals surface area contributed by atoms with Gasteiger partial charge in [-0.25, -0.2) is 4.39 Å². The van der Waals surface area contributed by atoms with Gasteiger partial charge in [-0.15, -0.1) is 0 Å². The Labute approximate surface area is 120 Å². The first kappa shape index (κ1) is 13.2. The molecule has 0 atom stereocenters. The number of halogens is 1. The van der Waals surface area contributed by atoms with Gasteiger partial charge in [0.05, 0.1) is 18.1 Å². The van der Waals surface area contributed by atoms with Gasteiger partial charge in [-0.1, -0.05) is 0 Å². The monoisotopic (exact) mass is 282 g/mol. The Morgan fingerprint density at radius 1 is 1.00 bits per heavy atom. The highest BCUT2D eigenvalue weighted by Gasteiger charge is 2.13. The van der Waals surface area contributed by atoms with Crippen molar-refractivity contribution in [2.75, 3.05) is 7.11 Å². The molecule has 0 bridgehead atoms. The van der Waals surface area contributed by atoms with Crippen LogP contribution in [0.2, 0.25) is 0 Å². The van der Waals surface area contributed by atoms with Crippen LogP contribution in [-0.4, -0.2) is 22.9 Å². The van der Waals surface area contributed by atoms with Crippen molar-refractivity contribution in [2.24, 2.45) is 0 Å². The normalized spacial score (nSPS) is 10.6. The summed E-state index contributed by atoms with van der Waals surface area (Å²) in [6.45, 7) is 0. The van der Waals surface area contributed by atoms with Gasteiger partial charge in [-0.05, 0) is 36.4 Å². The third kappa shape index (κ3) is 2.45. The molecule has 0 aliphatic carbocycles. The molecule has 0 spiro atoms. The molecule has 0 fully saturated rings. The van der Waals surface area contributed by atoms with Crippen molar-refractivity contribution < 1.29 is 13.9 Å². The van der Waals surface area contributed by atoms with Crippen LogP contribution in [-0.2, 0) is 0 Å². The number of ketones is 1. The second-order valence-corrected chi connectivity index (χ2v) is 4.44. The minimum Gasteiger partial charge on any atom is -0.494 e. The number of methoxy groups -OCH3 is 1. The van der Waals surface area contributed by atoms with Gasteiger partial charge in [0.15, 0.2) is 17.3 Å². The first-order valence-electron chi connectivity index (χ1n) is 6.28. The number of hydrogen-bond acceptors (Lipinski definition) is 4. The predicted octanol–water partition coefficient (Wildman–Crippen LogP) is 3.01. The van der Waals surface area contributed by atoms with E-state index in [0.717, 1.165) is 0 Å². The standard InChI is InChI=1S/C16H11FN2O2/c1-21-15-5-3-10(8-12(15)17)16(20)11-2-4-13-14(9-11)19-7-6-18-13/h2-9H,1H3. The van der Waals surface area contributed by atoms with Gasteiger partial charge in [0.1, 0.15) is 0 Å². The Kier molecular flexibility index (Phi) is 3.31. The molecule has 104 valence electrons. The van der Waals surface area contributed by atoms with E-state index in [1.165, 1.54) is 25.3 Å². The lowest BCUT2D eigenvalue weighted by atomic mass is 10.0. The maximum atomic E-state index is 13.7. The first-order chi connectivity index (χ1) is 10.2. The predicted molar refractivity (Wildman–Crippen MR) is 75.9 cm³/mol. The van der Waals surface area contributed by atoms with E-state index < -0.39 is 5.82 Å². The maximum Gasteiger partial charge on any atom is 0.193 e. The quantitative estimate of drug-likeness (QED) is 0.693. The average molecular weight is 282 g/mol. The molecule has 3 rings (SSSR count). The number of benzene rings is 2. The minimum absolute atomic E-state index is 0.107. The number of ether oxygens (including phenoxy) is 1. The summed E-state index contributed by atoms with van der Waals surface area (Å²) in [4.78, 5) is 20.7. The molecule has 0 saturated heterocycles. The number of aromatic nitrogens is 2. The van der Waals surface area contributed by atoms with Crippen LogP contribution in [0, 0.1) is 5.82 Å². The number of fused-ring (bicyclic) bond motifs is 1. The Morgan fingerprint density at radius 3 is 2.38 bits per heavy atom. The molecule has 3 aromatic rings. The van der Waals surface area contributed by atoms with Crippen LogP contribution in [0.5, 0.6) is 5.75 Å². The average Bonchev–Trinajstić information content (AvgIpc) is 2.53. The van der Waals surface area contributed by atoms with E-state index in [1.54, 1.807) is 30.6 Å². The summed E-state index contributed by atoms with van der Waals surface area (Å²) >= 11 is 0. The van der Waals surface area contributed by atoms with Crippen molar-refractivity contribution in [1.82, 2.24) is 9.97 Å². The molecule has 1 heterocycles. The van der Waals surface area contributed by atoms with Crippen LogP contribution in [0.4, 0.5) is 4.39 Å². The van der Waals surface area contributed by atoms with Gasteiger partial charge in [-0.3, -0.25) is 14.8 Å². The van der Waals surface area contributed by atoms with E-state index in [4.69, 9.17) is 4.74 Å². The summed E-state index contributed by atoms with van der Waals surface area (Å²) < 4.78 is 18.5. The first-order valence-corrected chi connectivity index (χ1v) is 6.28. The molecule has 4 nitrogen and oxygen atoms in total. The third-order valence-electron chi connectivity index (χ3n) is 3.15. The molecule has 0 aliphatic rings. The lowest BCUT2D eigenvalue weighted by Crippen LogP contribution is -2.03. The molecule has 21 heavy (non-hydrogen) atoms. The molecule has 0 N–H and O–H groups in total. The molecule has 5 heteroatoms. The molecule has 0 amide bonds. The molecule has 1 aromatic heterocycles. The van der Waals surface area contributed by atoms with Crippen LogP contribution < -0.4 is 4.74 Å². The van der Waals surface area contributed by atoms with Crippen molar-refractivity contribution >= 4 is 16.8 Å². The van der Waals surface area contributed by atoms with Crippen LogP contribution in [0.15, 0.2) is 48.8 Å². The summed E-state index contributed by atoms with van der Waals surface area (Å²) in [7, 11) is 1.38. The summed E-state index contributed by atoms with van der Waals surface area (Å²) in [5, 5.41) is 0. The van der Waals surface area contributed by atoms with Crippen LogP contribution >= 0.6 is 0 Å². The van der Waals surface area contributed by atoms with Gasteiger partial charge >= 0.3 is 0 Å². The Hall–Kier alpha value is -2.82. The van der Waals surface area contributed by atoms with E-state index in [9.17, 15) is 9.18 Å². The number of rotatable bonds is 3. The molecule has 2 aromatic carbocycles. The summed E-state index contributed by atoms with van der Waals surface area (Å²) in [5.41, 5.74) is 2.02. The smallest absolute Gasteiger partial charge is 0.193 e. The molecular weight excluding hydrogens is 271 g/mol. The van der Waals surface area contributed by atoms with E-state index in [-0.39, 0.29) is 17.1 Å². The zero-order valence-electron chi connectivity index (χ0n) is 11.2. The van der Waals surface area contributed by atoms with Gasteiger partial charge in [-0.2, -0.15) is 0 Å². The SMILES string of the molecule is COc1ccc(C(=O)c2ccc3nccnc3c2)cc1F. The number of nitrogens with zero attached hydrogens (tertiary/aromatic N) is 2. The highest BCUT2D eigenvalue weighted by Crippen LogP contribution is 2.20. The number of hydrogen-bond donors (Lipinski definition) is 0. The summed E-state index contributed by atoms with van der Waals surface area (Å²) in [6.07, 6.45) is 3.15. The van der Waals surface area contributed by atoms with E-state index >= 15 is 0 Å². The lowest BCUT2D eigenvalue weighted by Gasteiger charge is -2.05. The molecular formula is C16H11FN2O2. The fraction of sp³-hybridized carbons (Fsp3) is 0.0625. The van der Waals surface area contributed by atoms with Crippen molar-refractivity contribution in [1.29, 1.82) is 0 Å². The maximum absolute atomic E-state index is 13.7. The van der Waals surface area contributed by atoms with Crippen LogP contribution in [0.1, 0.15) is 15.9 Å². The third-order valence-corrected chi connectivity index (χ3v) is 3.15. The zero-order chi connectivity index (χ0) is 14.8. The number of carbonyl (C=O) groups is 1. The van der Waals surface area contributed by atoms with E-state index in [1.807, 2.05) is 0 Å². The van der Waals surface area contributed by atoms with Crippen LogP contribution in [0.25, 0.3) is 11.0 Å². The van der Waals surface area contributed by atoms with Crippen molar-refractivity contribution in [3.8, 4) is 5.75 Å². The van der Waals surface area contributed by atoms with Gasteiger partial charge < -0.3 is 4.74 Å². The largest absolute Gasteiger partial charge is 0.494 e. The highest BCUT2D eigenvalue weighted by atomic mass is 19.1. The van der Waals surface area contributed by atoms with Gasteiger partial charge in [0, 0.05) is 23.5 Å². The number of carbonyl (C=O) groups excluding carboxylic acids is 1. The molecule has 0 aliphatic heterocycles. The van der Waals surface area contributed by atoms with Crippen molar-refractivity contribution in [3.05, 3.63) is 65.7 Å². The van der Waals surface area contributed by atoms with Gasteiger partial charge in [0.2, 0.25) is 0 Å². The molecule has 0 unspecified atom stereocenters. The lowest BCUT2D eigenvalue weighted by molar-refractivity contribution is 0.103. The van der Waals surface area contributed by atoms with E-state index in [0.29, 0.717) is 16.6 Å². The van der Waals surface area contributed by atoms with Gasteiger partial charge in [0.25, 0.3) is 0 Å². The Balaban J connectivity index is 2.01. The topological polar surface area (TPSA) is 52.1 Å². The summed E-state index contributed by atoms with van der Waals surface area (Å²) in [6, 6.07) is 9.15. The Morgan fingerprint density at radius 2 is 1.67 bits per heavy atom. The highest BCUT2D eigenvalue weighted by molar-refractivity contribution is 6.10. The molecule has 0 saturated carbocycles. The van der Waals surface area contributed by atoms with E-state index in [2.05, 4.69) is 9.97 Å². The fourth-order valence-electron chi connectivity index (χ4n) is 2.08. The van der Waals surface area contributed by atoms with Crippen LogP contribution in [0.3, 0.4) is 0 Å².